The standard InChI is InChI=1S/C13H24NSi/c1-14(2,3)11-12-8-7-9-13(10-12)15(4,5)6/h7-10H,11H2,1-6H3/q+1. The smallest absolute Gasteiger partial charge is 0.104 e. The van der Waals surface area contributed by atoms with Gasteiger partial charge in [-0.25, -0.2) is 0 Å². The Morgan fingerprint density at radius 1 is 1.07 bits per heavy atom. The van der Waals surface area contributed by atoms with Crippen LogP contribution >= 0.6 is 0 Å². The Bertz CT molecular complexity index is 331. The number of hydrogen-bond acceptors (Lipinski definition) is 0. The minimum atomic E-state index is -1.15. The molecule has 0 saturated heterocycles. The molecule has 1 nitrogen and oxygen atoms in total. The lowest BCUT2D eigenvalue weighted by molar-refractivity contribution is -0.883. The van der Waals surface area contributed by atoms with Gasteiger partial charge in [0.2, 0.25) is 0 Å². The Morgan fingerprint density at radius 2 is 1.67 bits per heavy atom. The molecule has 0 radical (unpaired) electrons. The largest absolute Gasteiger partial charge is 0.327 e. The molecule has 0 heterocycles. The number of nitrogens with zero attached hydrogens (tertiary/aromatic N) is 1. The molecule has 0 aliphatic rings. The lowest BCUT2D eigenvalue weighted by Crippen LogP contribution is -2.39. The van der Waals surface area contributed by atoms with Gasteiger partial charge in [-0.2, -0.15) is 0 Å². The molecule has 0 amide bonds. The van der Waals surface area contributed by atoms with Gasteiger partial charge >= 0.3 is 0 Å². The number of quaternary nitrogens is 1. The van der Waals surface area contributed by atoms with E-state index >= 15 is 0 Å². The Balaban J connectivity index is 2.94. The van der Waals surface area contributed by atoms with Crippen LogP contribution in [0.15, 0.2) is 24.3 Å². The molecule has 15 heavy (non-hydrogen) atoms. The molecule has 0 atom stereocenters. The molecule has 0 aliphatic carbocycles. The fourth-order valence-corrected chi connectivity index (χ4v) is 2.90. The molecule has 84 valence electrons. The fourth-order valence-electron chi connectivity index (χ4n) is 1.68. The number of hydrogen-bond donors (Lipinski definition) is 0. The van der Waals surface area contributed by atoms with Crippen molar-refractivity contribution in [3.63, 3.8) is 0 Å². The maximum absolute atomic E-state index is 2.40. The van der Waals surface area contributed by atoms with Gasteiger partial charge in [0.1, 0.15) is 6.54 Å². The summed E-state index contributed by atoms with van der Waals surface area (Å²) in [6.07, 6.45) is 0. The summed E-state index contributed by atoms with van der Waals surface area (Å²) in [5.74, 6) is 0. The summed E-state index contributed by atoms with van der Waals surface area (Å²) in [6.45, 7) is 8.31. The average Bonchev–Trinajstić information content (AvgIpc) is 1.99. The van der Waals surface area contributed by atoms with Crippen molar-refractivity contribution in [1.82, 2.24) is 0 Å². The molecular formula is C13H24NSi+. The Kier molecular flexibility index (Phi) is 3.41. The van der Waals surface area contributed by atoms with Crippen LogP contribution in [0.3, 0.4) is 0 Å². The molecule has 0 unspecified atom stereocenters. The lowest BCUT2D eigenvalue weighted by atomic mass is 10.2. The predicted molar refractivity (Wildman–Crippen MR) is 71.2 cm³/mol. The van der Waals surface area contributed by atoms with Crippen LogP contribution < -0.4 is 5.19 Å². The summed E-state index contributed by atoms with van der Waals surface area (Å²) in [6, 6.07) is 9.13. The average molecular weight is 222 g/mol. The van der Waals surface area contributed by atoms with Crippen LogP contribution in [0.5, 0.6) is 0 Å². The quantitative estimate of drug-likeness (QED) is 0.544. The Hall–Kier alpha value is -0.603. The van der Waals surface area contributed by atoms with Crippen molar-refractivity contribution >= 4 is 13.3 Å². The van der Waals surface area contributed by atoms with Gasteiger partial charge in [0.05, 0.1) is 29.2 Å². The highest BCUT2D eigenvalue weighted by molar-refractivity contribution is 6.88. The van der Waals surface area contributed by atoms with Crippen LogP contribution in [-0.4, -0.2) is 33.7 Å². The zero-order valence-electron chi connectivity index (χ0n) is 11.0. The third-order valence-electron chi connectivity index (χ3n) is 2.45. The van der Waals surface area contributed by atoms with Crippen LogP contribution in [0.2, 0.25) is 19.6 Å². The van der Waals surface area contributed by atoms with E-state index in [0.29, 0.717) is 0 Å². The van der Waals surface area contributed by atoms with Crippen molar-refractivity contribution in [2.24, 2.45) is 0 Å². The van der Waals surface area contributed by atoms with E-state index < -0.39 is 8.07 Å². The van der Waals surface area contributed by atoms with Gasteiger partial charge < -0.3 is 4.48 Å². The molecule has 0 N–H and O–H groups in total. The Morgan fingerprint density at radius 3 is 2.13 bits per heavy atom. The maximum atomic E-state index is 2.40. The second kappa shape index (κ2) is 4.10. The number of benzene rings is 1. The Labute approximate surface area is 95.3 Å². The molecule has 0 bridgehead atoms. The zero-order chi connectivity index (χ0) is 11.7. The van der Waals surface area contributed by atoms with Gasteiger partial charge in [-0.3, -0.25) is 0 Å². The minimum Gasteiger partial charge on any atom is -0.327 e. The highest BCUT2D eigenvalue weighted by Crippen LogP contribution is 2.08. The normalized spacial score (nSPS) is 12.9. The van der Waals surface area contributed by atoms with E-state index in [-0.39, 0.29) is 0 Å². The molecular weight excluding hydrogens is 198 g/mol. The minimum absolute atomic E-state index is 0.995. The third kappa shape index (κ3) is 4.18. The van der Waals surface area contributed by atoms with Gasteiger partial charge in [0.25, 0.3) is 0 Å². The van der Waals surface area contributed by atoms with Crippen molar-refractivity contribution < 1.29 is 4.48 Å². The van der Waals surface area contributed by atoms with E-state index in [1.54, 1.807) is 5.19 Å². The summed E-state index contributed by atoms with van der Waals surface area (Å²) in [5.41, 5.74) is 1.46. The molecule has 1 rings (SSSR count). The summed E-state index contributed by atoms with van der Waals surface area (Å²) in [5, 5.41) is 1.56. The highest BCUT2D eigenvalue weighted by Gasteiger charge is 2.17. The van der Waals surface area contributed by atoms with Crippen LogP contribution in [-0.2, 0) is 6.54 Å². The van der Waals surface area contributed by atoms with E-state index in [9.17, 15) is 0 Å². The van der Waals surface area contributed by atoms with Crippen molar-refractivity contribution in [2.45, 2.75) is 26.2 Å². The van der Waals surface area contributed by atoms with Gasteiger partial charge in [0, 0.05) is 5.56 Å². The molecule has 0 saturated carbocycles. The van der Waals surface area contributed by atoms with E-state index in [1.807, 2.05) is 0 Å². The summed E-state index contributed by atoms with van der Waals surface area (Å²) in [4.78, 5) is 0. The molecule has 0 aliphatic heterocycles. The molecule has 2 heteroatoms. The second-order valence-corrected chi connectivity index (χ2v) is 11.5. The van der Waals surface area contributed by atoms with Crippen molar-refractivity contribution in [2.75, 3.05) is 21.1 Å². The van der Waals surface area contributed by atoms with Crippen LogP contribution in [0.25, 0.3) is 0 Å². The topological polar surface area (TPSA) is 0 Å². The first kappa shape index (κ1) is 12.5. The van der Waals surface area contributed by atoms with Gasteiger partial charge in [0.15, 0.2) is 0 Å². The predicted octanol–water partition coefficient (Wildman–Crippen LogP) is 2.44. The molecule has 1 aromatic rings. The SMILES string of the molecule is C[N+](C)(C)Cc1cccc([Si](C)(C)C)c1. The summed E-state index contributed by atoms with van der Waals surface area (Å²) >= 11 is 0. The van der Waals surface area contributed by atoms with Gasteiger partial charge in [-0.15, -0.1) is 0 Å². The van der Waals surface area contributed by atoms with E-state index in [2.05, 4.69) is 65.0 Å². The zero-order valence-corrected chi connectivity index (χ0v) is 12.0. The second-order valence-electron chi connectivity index (χ2n) is 6.40. The van der Waals surface area contributed by atoms with E-state index in [0.717, 1.165) is 11.0 Å². The van der Waals surface area contributed by atoms with Crippen molar-refractivity contribution in [3.05, 3.63) is 29.8 Å². The molecule has 0 fully saturated rings. The lowest BCUT2D eigenvalue weighted by Gasteiger charge is -2.25. The fraction of sp³-hybridized carbons (Fsp3) is 0.538. The van der Waals surface area contributed by atoms with Gasteiger partial charge in [-0.05, 0) is 0 Å². The van der Waals surface area contributed by atoms with Crippen molar-refractivity contribution in [1.29, 1.82) is 0 Å². The molecule has 0 aromatic heterocycles. The monoisotopic (exact) mass is 222 g/mol. The first-order chi connectivity index (χ1) is 6.68. The summed E-state index contributed by atoms with van der Waals surface area (Å²) in [7, 11) is 5.56. The maximum Gasteiger partial charge on any atom is 0.104 e. The first-order valence-corrected chi connectivity index (χ1v) is 9.08. The van der Waals surface area contributed by atoms with Crippen molar-refractivity contribution in [3.8, 4) is 0 Å². The van der Waals surface area contributed by atoms with Crippen LogP contribution in [0.4, 0.5) is 0 Å². The highest BCUT2D eigenvalue weighted by atomic mass is 28.3. The molecule has 1 aromatic carbocycles. The first-order valence-electron chi connectivity index (χ1n) is 5.58. The molecule has 0 spiro atoms. The van der Waals surface area contributed by atoms with Crippen LogP contribution in [0.1, 0.15) is 5.56 Å². The third-order valence-corrected chi connectivity index (χ3v) is 4.49. The number of rotatable bonds is 3. The summed E-state index contributed by atoms with van der Waals surface area (Å²) < 4.78 is 0.995. The van der Waals surface area contributed by atoms with E-state index in [1.165, 1.54) is 5.56 Å². The van der Waals surface area contributed by atoms with Crippen LogP contribution in [0, 0.1) is 0 Å². The van der Waals surface area contributed by atoms with Gasteiger partial charge in [-0.1, -0.05) is 49.1 Å². The van der Waals surface area contributed by atoms with E-state index in [4.69, 9.17) is 0 Å².